The molecule has 0 bridgehead atoms. The lowest BCUT2D eigenvalue weighted by atomic mass is 10.1. The van der Waals surface area contributed by atoms with Crippen molar-refractivity contribution in [3.8, 4) is 11.4 Å². The molecule has 0 aliphatic heterocycles. The van der Waals surface area contributed by atoms with Crippen LogP contribution in [0.15, 0.2) is 122 Å². The fraction of sp³-hybridized carbons (Fsp3) is 0.0513. The van der Waals surface area contributed by atoms with Gasteiger partial charge in [0.15, 0.2) is 0 Å². The van der Waals surface area contributed by atoms with Gasteiger partial charge in [0.1, 0.15) is 0 Å². The summed E-state index contributed by atoms with van der Waals surface area (Å²) in [7, 11) is 2.15. The Balaban J connectivity index is 1.33. The van der Waals surface area contributed by atoms with Crippen LogP contribution in [0.2, 0.25) is 0 Å². The van der Waals surface area contributed by atoms with E-state index in [1.165, 1.54) is 38.3 Å². The Morgan fingerprint density at radius 1 is 0.614 bits per heavy atom. The second-order valence-corrected chi connectivity index (χ2v) is 11.4. The second kappa shape index (κ2) is 9.09. The van der Waals surface area contributed by atoms with Crippen molar-refractivity contribution in [2.24, 2.45) is 7.05 Å². The molecule has 9 rings (SSSR count). The van der Waals surface area contributed by atoms with E-state index in [0.717, 1.165) is 44.9 Å². The predicted octanol–water partition coefficient (Wildman–Crippen LogP) is 9.70. The van der Waals surface area contributed by atoms with Crippen LogP contribution in [0.4, 0.5) is 0 Å². The summed E-state index contributed by atoms with van der Waals surface area (Å²) in [5.41, 5.74) is 12.4. The molecule has 4 heterocycles. The van der Waals surface area contributed by atoms with Crippen LogP contribution >= 0.6 is 0 Å². The monoisotopic (exact) mass is 567 g/mol. The highest BCUT2D eigenvalue weighted by Crippen LogP contribution is 2.37. The third kappa shape index (κ3) is 3.21. The number of allylic oxidation sites excluding steroid dienone is 1. The average molecular weight is 568 g/mol. The molecule has 0 amide bonds. The highest BCUT2D eigenvalue weighted by atomic mass is 15.2. The van der Waals surface area contributed by atoms with Crippen LogP contribution in [-0.4, -0.2) is 23.1 Å². The van der Waals surface area contributed by atoms with Crippen LogP contribution < -0.4 is 0 Å². The zero-order valence-corrected chi connectivity index (χ0v) is 24.6. The zero-order chi connectivity index (χ0) is 29.5. The summed E-state index contributed by atoms with van der Waals surface area (Å²) in [6.45, 7) is 6.27. The topological polar surface area (TPSA) is 32.1 Å². The SMILES string of the molecule is C=Cc1c(/C=C\C)c2ccccc2n1-c1ccc2c(c1)c1cc(-n3c4ccccc4n4c5ccccc5nc34)ccc1n2C. The molecule has 0 unspecified atom stereocenters. The minimum Gasteiger partial charge on any atom is -0.344 e. The Morgan fingerprint density at radius 2 is 1.23 bits per heavy atom. The summed E-state index contributed by atoms with van der Waals surface area (Å²) < 4.78 is 9.18. The molecule has 0 saturated heterocycles. The van der Waals surface area contributed by atoms with Crippen molar-refractivity contribution in [2.45, 2.75) is 6.92 Å². The first-order valence-electron chi connectivity index (χ1n) is 15.0. The van der Waals surface area contributed by atoms with E-state index in [9.17, 15) is 0 Å². The number of hydrogen-bond acceptors (Lipinski definition) is 1. The maximum Gasteiger partial charge on any atom is 0.220 e. The molecule has 0 spiro atoms. The Kier molecular flexibility index (Phi) is 5.12. The molecule has 44 heavy (non-hydrogen) atoms. The van der Waals surface area contributed by atoms with Crippen molar-refractivity contribution in [3.63, 3.8) is 0 Å². The quantitative estimate of drug-likeness (QED) is 0.208. The van der Waals surface area contributed by atoms with Gasteiger partial charge in [-0.1, -0.05) is 61.2 Å². The normalized spacial score (nSPS) is 12.3. The fourth-order valence-corrected chi connectivity index (χ4v) is 7.18. The lowest BCUT2D eigenvalue weighted by Gasteiger charge is -2.10. The van der Waals surface area contributed by atoms with E-state index in [1.54, 1.807) is 0 Å². The molecule has 0 saturated carbocycles. The predicted molar refractivity (Wildman–Crippen MR) is 185 cm³/mol. The van der Waals surface area contributed by atoms with Crippen LogP contribution in [0.5, 0.6) is 0 Å². The number of aromatic nitrogens is 5. The van der Waals surface area contributed by atoms with E-state index in [4.69, 9.17) is 4.98 Å². The summed E-state index contributed by atoms with van der Waals surface area (Å²) in [5.74, 6) is 0.915. The van der Waals surface area contributed by atoms with Crippen LogP contribution in [0.1, 0.15) is 18.2 Å². The standard InChI is InChI=1S/C39H29N5/c1-4-12-27-28-13-6-8-15-35(28)42(32(27)5-2)25-19-21-33-29(23-25)30-24-26(20-22-34(30)41(33)3)43-37-17-10-11-18-38(37)44-36-16-9-7-14-31(36)40-39(43)44/h4-24H,2H2,1,3H3/b12-4-. The van der Waals surface area contributed by atoms with Crippen molar-refractivity contribution in [3.05, 3.63) is 133 Å². The molecule has 0 aliphatic rings. The van der Waals surface area contributed by atoms with Gasteiger partial charge in [0.25, 0.3) is 0 Å². The maximum absolute atomic E-state index is 5.10. The number of benzene rings is 5. The zero-order valence-electron chi connectivity index (χ0n) is 24.6. The van der Waals surface area contributed by atoms with E-state index in [1.807, 2.05) is 12.1 Å². The Labute approximate surface area is 253 Å². The van der Waals surface area contributed by atoms with Crippen molar-refractivity contribution in [1.82, 2.24) is 23.1 Å². The summed E-state index contributed by atoms with van der Waals surface area (Å²) >= 11 is 0. The summed E-state index contributed by atoms with van der Waals surface area (Å²) in [5, 5.41) is 3.64. The molecule has 0 atom stereocenters. The number of para-hydroxylation sites is 5. The smallest absolute Gasteiger partial charge is 0.220 e. The van der Waals surface area contributed by atoms with E-state index in [0.29, 0.717) is 0 Å². The van der Waals surface area contributed by atoms with Gasteiger partial charge in [-0.05, 0) is 79.7 Å². The first kappa shape index (κ1) is 24.8. The maximum atomic E-state index is 5.10. The van der Waals surface area contributed by atoms with Crippen LogP contribution in [-0.2, 0) is 7.05 Å². The van der Waals surface area contributed by atoms with Gasteiger partial charge < -0.3 is 9.13 Å². The van der Waals surface area contributed by atoms with Crippen molar-refractivity contribution < 1.29 is 0 Å². The van der Waals surface area contributed by atoms with Gasteiger partial charge in [-0.3, -0.25) is 8.97 Å². The summed E-state index contributed by atoms with van der Waals surface area (Å²) in [6.07, 6.45) is 6.25. The number of rotatable bonds is 4. The lowest BCUT2D eigenvalue weighted by molar-refractivity contribution is 1.01. The van der Waals surface area contributed by atoms with Crippen LogP contribution in [0.3, 0.4) is 0 Å². The third-order valence-electron chi connectivity index (χ3n) is 9.07. The van der Waals surface area contributed by atoms with E-state index in [-0.39, 0.29) is 0 Å². The van der Waals surface area contributed by atoms with E-state index >= 15 is 0 Å². The molecule has 0 fully saturated rings. The molecule has 5 aromatic carbocycles. The number of hydrogen-bond donors (Lipinski definition) is 0. The molecule has 0 aliphatic carbocycles. The van der Waals surface area contributed by atoms with Gasteiger partial charge >= 0.3 is 0 Å². The number of imidazole rings is 2. The van der Waals surface area contributed by atoms with Gasteiger partial charge in [0.2, 0.25) is 5.78 Å². The average Bonchev–Trinajstić information content (AvgIpc) is 3.77. The van der Waals surface area contributed by atoms with Crippen molar-refractivity contribution in [2.75, 3.05) is 0 Å². The fourth-order valence-electron chi connectivity index (χ4n) is 7.18. The Hall–Kier alpha value is -5.81. The van der Waals surface area contributed by atoms with Gasteiger partial charge in [0, 0.05) is 51.2 Å². The molecule has 5 heteroatoms. The van der Waals surface area contributed by atoms with E-state index < -0.39 is 0 Å². The minimum atomic E-state index is 0.915. The van der Waals surface area contributed by atoms with Crippen LogP contribution in [0.25, 0.3) is 84.1 Å². The van der Waals surface area contributed by atoms with Gasteiger partial charge in [-0.25, -0.2) is 4.98 Å². The Bertz CT molecular complexity index is 2650. The largest absolute Gasteiger partial charge is 0.344 e. The number of aryl methyl sites for hydroxylation is 1. The highest BCUT2D eigenvalue weighted by molar-refractivity contribution is 6.10. The number of nitrogens with zero attached hydrogens (tertiary/aromatic N) is 5. The third-order valence-corrected chi connectivity index (χ3v) is 9.07. The molecule has 0 N–H and O–H groups in total. The molecular weight excluding hydrogens is 538 g/mol. The van der Waals surface area contributed by atoms with Gasteiger partial charge in [0.05, 0.1) is 33.3 Å². The minimum absolute atomic E-state index is 0.915. The van der Waals surface area contributed by atoms with Crippen molar-refractivity contribution in [1.29, 1.82) is 0 Å². The van der Waals surface area contributed by atoms with Crippen molar-refractivity contribution >= 4 is 72.7 Å². The molecule has 5 nitrogen and oxygen atoms in total. The number of fused-ring (bicyclic) bond motifs is 9. The van der Waals surface area contributed by atoms with E-state index in [2.05, 4.69) is 154 Å². The summed E-state index contributed by atoms with van der Waals surface area (Å²) in [6, 6.07) is 39.1. The van der Waals surface area contributed by atoms with Gasteiger partial charge in [-0.15, -0.1) is 0 Å². The molecular formula is C39H29N5. The lowest BCUT2D eigenvalue weighted by Crippen LogP contribution is -1.97. The second-order valence-electron chi connectivity index (χ2n) is 11.4. The summed E-state index contributed by atoms with van der Waals surface area (Å²) in [4.78, 5) is 5.10. The van der Waals surface area contributed by atoms with Crippen LogP contribution in [0, 0.1) is 0 Å². The molecule has 0 radical (unpaired) electrons. The highest BCUT2D eigenvalue weighted by Gasteiger charge is 2.19. The molecule has 210 valence electrons. The molecule has 4 aromatic heterocycles. The first-order chi connectivity index (χ1) is 21.7. The molecule has 9 aromatic rings. The Morgan fingerprint density at radius 3 is 1.93 bits per heavy atom. The first-order valence-corrected chi connectivity index (χ1v) is 15.0. The van der Waals surface area contributed by atoms with Gasteiger partial charge in [-0.2, -0.15) is 0 Å².